The van der Waals surface area contributed by atoms with Crippen molar-refractivity contribution in [1.82, 2.24) is 10.1 Å². The van der Waals surface area contributed by atoms with Crippen LogP contribution in [0.4, 0.5) is 0 Å². The number of nitrogens with zero attached hydrogens (tertiary/aromatic N) is 2. The van der Waals surface area contributed by atoms with Gasteiger partial charge in [0.05, 0.1) is 11.3 Å². The van der Waals surface area contributed by atoms with Crippen molar-refractivity contribution < 1.29 is 9.32 Å². The van der Waals surface area contributed by atoms with Crippen LogP contribution in [0.1, 0.15) is 26.7 Å². The van der Waals surface area contributed by atoms with Crippen LogP contribution in [0.25, 0.3) is 10.7 Å². The predicted octanol–water partition coefficient (Wildman–Crippen LogP) is 2.96. The van der Waals surface area contributed by atoms with E-state index in [0.29, 0.717) is 11.7 Å². The summed E-state index contributed by atoms with van der Waals surface area (Å²) in [5.41, 5.74) is -0.377. The standard InChI is InChI=1S/C12H14N2O2S/c1-12(2,3)9(15)7-10-13-11(14-16-10)8-5-4-6-17-8/h4-6H,7H2,1-3H3. The number of rotatable bonds is 3. The van der Waals surface area contributed by atoms with Crippen molar-refractivity contribution in [3.8, 4) is 10.7 Å². The van der Waals surface area contributed by atoms with Gasteiger partial charge in [0.2, 0.25) is 11.7 Å². The summed E-state index contributed by atoms with van der Waals surface area (Å²) in [6.07, 6.45) is 0.196. The molecule has 2 aromatic heterocycles. The summed E-state index contributed by atoms with van der Waals surface area (Å²) in [5.74, 6) is 1.03. The fourth-order valence-corrected chi connectivity index (χ4v) is 1.88. The Hall–Kier alpha value is -1.49. The summed E-state index contributed by atoms with van der Waals surface area (Å²) in [4.78, 5) is 17.0. The lowest BCUT2D eigenvalue weighted by Crippen LogP contribution is -2.22. The van der Waals surface area contributed by atoms with Crippen LogP contribution in [0.15, 0.2) is 22.0 Å². The molecule has 0 saturated carbocycles. The number of Topliss-reactive ketones (excluding diaryl/α,β-unsaturated/α-hetero) is 1. The van der Waals surface area contributed by atoms with E-state index in [4.69, 9.17) is 4.52 Å². The molecule has 0 spiro atoms. The summed E-state index contributed by atoms with van der Waals surface area (Å²) in [6, 6.07) is 3.85. The Morgan fingerprint density at radius 1 is 1.47 bits per heavy atom. The smallest absolute Gasteiger partial charge is 0.234 e. The Morgan fingerprint density at radius 3 is 2.82 bits per heavy atom. The number of hydrogen-bond donors (Lipinski definition) is 0. The molecule has 2 heterocycles. The Labute approximate surface area is 104 Å². The van der Waals surface area contributed by atoms with Crippen LogP contribution in [0.3, 0.4) is 0 Å². The minimum absolute atomic E-state index is 0.0962. The topological polar surface area (TPSA) is 56.0 Å². The predicted molar refractivity (Wildman–Crippen MR) is 65.8 cm³/mol. The van der Waals surface area contributed by atoms with Crippen molar-refractivity contribution in [2.75, 3.05) is 0 Å². The highest BCUT2D eigenvalue weighted by atomic mass is 32.1. The first kappa shape index (κ1) is 12.0. The van der Waals surface area contributed by atoms with Crippen molar-refractivity contribution in [3.63, 3.8) is 0 Å². The van der Waals surface area contributed by atoms with E-state index >= 15 is 0 Å². The van der Waals surface area contributed by atoms with Crippen LogP contribution in [0.2, 0.25) is 0 Å². The van der Waals surface area contributed by atoms with Crippen LogP contribution < -0.4 is 0 Å². The summed E-state index contributed by atoms with van der Waals surface area (Å²) >= 11 is 1.54. The van der Waals surface area contributed by atoms with Gasteiger partial charge < -0.3 is 4.52 Å². The molecular formula is C12H14N2O2S. The molecule has 0 aliphatic carbocycles. The minimum atomic E-state index is -0.377. The molecule has 17 heavy (non-hydrogen) atoms. The van der Waals surface area contributed by atoms with Crippen molar-refractivity contribution in [2.24, 2.45) is 5.41 Å². The monoisotopic (exact) mass is 250 g/mol. The lowest BCUT2D eigenvalue weighted by Gasteiger charge is -2.14. The molecule has 0 fully saturated rings. The summed E-state index contributed by atoms with van der Waals surface area (Å²) in [5, 5.41) is 5.82. The van der Waals surface area contributed by atoms with Gasteiger partial charge in [-0.3, -0.25) is 4.79 Å². The van der Waals surface area contributed by atoms with Gasteiger partial charge in [-0.25, -0.2) is 0 Å². The highest BCUT2D eigenvalue weighted by molar-refractivity contribution is 7.13. The van der Waals surface area contributed by atoms with Crippen molar-refractivity contribution in [3.05, 3.63) is 23.4 Å². The second-order valence-corrected chi connectivity index (χ2v) is 5.79. The third-order valence-electron chi connectivity index (χ3n) is 2.36. The molecule has 0 aromatic carbocycles. The van der Waals surface area contributed by atoms with Crippen LogP contribution in [0, 0.1) is 5.41 Å². The lowest BCUT2D eigenvalue weighted by molar-refractivity contribution is -0.125. The Morgan fingerprint density at radius 2 is 2.24 bits per heavy atom. The molecule has 5 heteroatoms. The quantitative estimate of drug-likeness (QED) is 0.840. The molecule has 0 bridgehead atoms. The number of aromatic nitrogens is 2. The average Bonchev–Trinajstić information content (AvgIpc) is 2.83. The molecule has 0 unspecified atom stereocenters. The molecule has 90 valence electrons. The molecule has 0 aliphatic heterocycles. The Bertz CT molecular complexity index is 509. The zero-order valence-electron chi connectivity index (χ0n) is 10.1. The van der Waals surface area contributed by atoms with Gasteiger partial charge in [-0.2, -0.15) is 4.98 Å². The number of carbonyl (C=O) groups excluding carboxylic acids is 1. The van der Waals surface area contributed by atoms with E-state index in [1.54, 1.807) is 11.3 Å². The van der Waals surface area contributed by atoms with Gasteiger partial charge in [0, 0.05) is 5.41 Å². The number of ketones is 1. The van der Waals surface area contributed by atoms with E-state index in [9.17, 15) is 4.79 Å². The fourth-order valence-electron chi connectivity index (χ4n) is 1.24. The maximum Gasteiger partial charge on any atom is 0.234 e. The van der Waals surface area contributed by atoms with Crippen molar-refractivity contribution in [2.45, 2.75) is 27.2 Å². The van der Waals surface area contributed by atoms with Gasteiger partial charge in [0.25, 0.3) is 0 Å². The molecule has 2 rings (SSSR count). The normalized spacial score (nSPS) is 11.7. The van der Waals surface area contributed by atoms with Gasteiger partial charge in [0.1, 0.15) is 5.78 Å². The molecule has 0 atom stereocenters. The highest BCUT2D eigenvalue weighted by Crippen LogP contribution is 2.22. The number of carbonyl (C=O) groups is 1. The minimum Gasteiger partial charge on any atom is -0.338 e. The Kier molecular flexibility index (Phi) is 3.11. The summed E-state index contributed by atoms with van der Waals surface area (Å²) in [6.45, 7) is 5.64. The SMILES string of the molecule is CC(C)(C)C(=O)Cc1nc(-c2cccs2)no1. The van der Waals surface area contributed by atoms with Crippen LogP contribution in [0.5, 0.6) is 0 Å². The van der Waals surface area contributed by atoms with E-state index in [2.05, 4.69) is 10.1 Å². The molecule has 2 aromatic rings. The molecule has 0 saturated heterocycles. The molecule has 0 amide bonds. The van der Waals surface area contributed by atoms with E-state index in [1.807, 2.05) is 38.3 Å². The maximum absolute atomic E-state index is 11.8. The van der Waals surface area contributed by atoms with Gasteiger partial charge in [-0.15, -0.1) is 11.3 Å². The Balaban J connectivity index is 2.12. The number of thiophene rings is 1. The molecule has 0 N–H and O–H groups in total. The zero-order chi connectivity index (χ0) is 12.5. The van der Waals surface area contributed by atoms with Crippen LogP contribution in [-0.2, 0) is 11.2 Å². The number of hydrogen-bond acceptors (Lipinski definition) is 5. The highest BCUT2D eigenvalue weighted by Gasteiger charge is 2.23. The second-order valence-electron chi connectivity index (χ2n) is 4.84. The summed E-state index contributed by atoms with van der Waals surface area (Å²) in [7, 11) is 0. The van der Waals surface area contributed by atoms with Gasteiger partial charge in [-0.05, 0) is 11.4 Å². The van der Waals surface area contributed by atoms with Crippen molar-refractivity contribution in [1.29, 1.82) is 0 Å². The first-order chi connectivity index (χ1) is 7.97. The van der Waals surface area contributed by atoms with Crippen molar-refractivity contribution >= 4 is 17.1 Å². The summed E-state index contributed by atoms with van der Waals surface area (Å²) < 4.78 is 5.08. The van der Waals surface area contributed by atoms with Gasteiger partial charge in [0.15, 0.2) is 0 Å². The molecular weight excluding hydrogens is 236 g/mol. The fraction of sp³-hybridized carbons (Fsp3) is 0.417. The average molecular weight is 250 g/mol. The van der Waals surface area contributed by atoms with E-state index in [-0.39, 0.29) is 17.6 Å². The molecule has 0 radical (unpaired) electrons. The first-order valence-electron chi connectivity index (χ1n) is 5.36. The van der Waals surface area contributed by atoms with Crippen LogP contribution >= 0.6 is 11.3 Å². The third kappa shape index (κ3) is 2.79. The van der Waals surface area contributed by atoms with E-state index in [0.717, 1.165) is 4.88 Å². The molecule has 4 nitrogen and oxygen atoms in total. The largest absolute Gasteiger partial charge is 0.338 e. The van der Waals surface area contributed by atoms with E-state index in [1.165, 1.54) is 0 Å². The van der Waals surface area contributed by atoms with Gasteiger partial charge in [-0.1, -0.05) is 32.0 Å². The first-order valence-corrected chi connectivity index (χ1v) is 6.24. The lowest BCUT2D eigenvalue weighted by atomic mass is 9.89. The second kappa shape index (κ2) is 4.41. The van der Waals surface area contributed by atoms with Gasteiger partial charge >= 0.3 is 0 Å². The van der Waals surface area contributed by atoms with Crippen LogP contribution in [-0.4, -0.2) is 15.9 Å². The molecule has 0 aliphatic rings. The zero-order valence-corrected chi connectivity index (χ0v) is 10.9. The van der Waals surface area contributed by atoms with E-state index < -0.39 is 0 Å². The maximum atomic E-state index is 11.8. The third-order valence-corrected chi connectivity index (χ3v) is 3.22.